The summed E-state index contributed by atoms with van der Waals surface area (Å²) >= 11 is 0. The van der Waals surface area contributed by atoms with E-state index >= 15 is 0 Å². The molecule has 0 bridgehead atoms. The van der Waals surface area contributed by atoms with Crippen molar-refractivity contribution < 1.29 is 19.0 Å². The van der Waals surface area contributed by atoms with Crippen LogP contribution in [0.25, 0.3) is 0 Å². The molecule has 1 rings (SSSR count). The number of rotatable bonds is 3. The van der Waals surface area contributed by atoms with Gasteiger partial charge >= 0.3 is 5.97 Å². The summed E-state index contributed by atoms with van der Waals surface area (Å²) < 4.78 is 18.0. The van der Waals surface area contributed by atoms with Crippen molar-refractivity contribution in [3.63, 3.8) is 0 Å². The number of esters is 1. The van der Waals surface area contributed by atoms with Crippen molar-refractivity contribution in [2.24, 2.45) is 0 Å². The fourth-order valence-electron chi connectivity index (χ4n) is 1.20. The number of halogens is 1. The molecular formula is C11H10FNO3. The SMILES string of the molecule is CCOC(=O)Cc1cc(O)c(C#N)cc1F. The predicted molar refractivity (Wildman–Crippen MR) is 53.1 cm³/mol. The number of aromatic hydroxyl groups is 1. The van der Waals surface area contributed by atoms with Crippen molar-refractivity contribution in [3.05, 3.63) is 29.1 Å². The molecule has 0 aromatic heterocycles. The fourth-order valence-corrected chi connectivity index (χ4v) is 1.20. The molecule has 0 aliphatic carbocycles. The highest BCUT2D eigenvalue weighted by molar-refractivity contribution is 5.73. The molecule has 1 N–H and O–H groups in total. The van der Waals surface area contributed by atoms with Gasteiger partial charge in [-0.3, -0.25) is 4.79 Å². The standard InChI is InChI=1S/C11H10FNO3/c1-2-16-11(15)5-7-4-10(14)8(6-13)3-9(7)12/h3-4,14H,2,5H2,1H3. The summed E-state index contributed by atoms with van der Waals surface area (Å²) in [6.07, 6.45) is -0.265. The van der Waals surface area contributed by atoms with E-state index in [1.165, 1.54) is 0 Å². The van der Waals surface area contributed by atoms with Gasteiger partial charge in [0.25, 0.3) is 0 Å². The van der Waals surface area contributed by atoms with Crippen molar-refractivity contribution in [1.29, 1.82) is 5.26 Å². The van der Waals surface area contributed by atoms with Crippen molar-refractivity contribution in [1.82, 2.24) is 0 Å². The first kappa shape index (κ1) is 12.0. The molecule has 0 aliphatic heterocycles. The smallest absolute Gasteiger partial charge is 0.310 e. The zero-order valence-electron chi connectivity index (χ0n) is 8.66. The van der Waals surface area contributed by atoms with Crippen molar-refractivity contribution in [2.45, 2.75) is 13.3 Å². The Kier molecular flexibility index (Phi) is 3.84. The van der Waals surface area contributed by atoms with E-state index in [1.807, 2.05) is 0 Å². The minimum absolute atomic E-state index is 0.00921. The highest BCUT2D eigenvalue weighted by Gasteiger charge is 2.12. The first-order chi connectivity index (χ1) is 7.58. The molecule has 1 aromatic carbocycles. The normalized spacial score (nSPS) is 9.56. The zero-order valence-corrected chi connectivity index (χ0v) is 8.66. The van der Waals surface area contributed by atoms with E-state index in [4.69, 9.17) is 5.26 Å². The molecule has 0 saturated heterocycles. The Hall–Kier alpha value is -2.09. The number of benzene rings is 1. The minimum atomic E-state index is -0.706. The van der Waals surface area contributed by atoms with E-state index < -0.39 is 11.8 Å². The number of carbonyl (C=O) groups excluding carboxylic acids is 1. The van der Waals surface area contributed by atoms with E-state index in [0.717, 1.165) is 12.1 Å². The molecule has 0 amide bonds. The van der Waals surface area contributed by atoms with Gasteiger partial charge in [-0.2, -0.15) is 5.26 Å². The maximum atomic E-state index is 13.3. The molecule has 84 valence electrons. The van der Waals surface area contributed by atoms with E-state index in [0.29, 0.717) is 0 Å². The van der Waals surface area contributed by atoms with Gasteiger partial charge in [0.1, 0.15) is 17.6 Å². The first-order valence-corrected chi connectivity index (χ1v) is 4.65. The summed E-state index contributed by atoms with van der Waals surface area (Å²) in [6.45, 7) is 1.85. The van der Waals surface area contributed by atoms with E-state index in [9.17, 15) is 14.3 Å². The maximum absolute atomic E-state index is 13.3. The Morgan fingerprint density at radius 2 is 2.31 bits per heavy atom. The average molecular weight is 223 g/mol. The van der Waals surface area contributed by atoms with Crippen LogP contribution in [0, 0.1) is 17.1 Å². The van der Waals surface area contributed by atoms with Gasteiger partial charge in [-0.05, 0) is 19.1 Å². The molecule has 0 heterocycles. The lowest BCUT2D eigenvalue weighted by Gasteiger charge is -2.05. The van der Waals surface area contributed by atoms with E-state index in [-0.39, 0.29) is 29.9 Å². The van der Waals surface area contributed by atoms with Gasteiger partial charge in [0.15, 0.2) is 0 Å². The molecule has 4 nitrogen and oxygen atoms in total. The number of nitrogens with zero attached hydrogens (tertiary/aromatic N) is 1. The summed E-state index contributed by atoms with van der Waals surface area (Å²) in [5, 5.41) is 17.8. The van der Waals surface area contributed by atoms with Crippen LogP contribution in [0.3, 0.4) is 0 Å². The van der Waals surface area contributed by atoms with Gasteiger partial charge < -0.3 is 9.84 Å². The topological polar surface area (TPSA) is 70.3 Å². The third kappa shape index (κ3) is 2.70. The third-order valence-electron chi connectivity index (χ3n) is 1.93. The molecule has 0 radical (unpaired) electrons. The van der Waals surface area contributed by atoms with Gasteiger partial charge in [0, 0.05) is 5.56 Å². The second-order valence-corrected chi connectivity index (χ2v) is 3.05. The Bertz CT molecular complexity index is 451. The number of hydrogen-bond donors (Lipinski definition) is 1. The minimum Gasteiger partial charge on any atom is -0.507 e. The molecular weight excluding hydrogens is 213 g/mol. The van der Waals surface area contributed by atoms with Crippen LogP contribution in [-0.2, 0) is 16.0 Å². The van der Waals surface area contributed by atoms with Crippen LogP contribution in [0.4, 0.5) is 4.39 Å². The van der Waals surface area contributed by atoms with Gasteiger partial charge in [-0.15, -0.1) is 0 Å². The monoisotopic (exact) mass is 223 g/mol. The number of phenols is 1. The number of ether oxygens (including phenoxy) is 1. The first-order valence-electron chi connectivity index (χ1n) is 4.65. The van der Waals surface area contributed by atoms with Crippen LogP contribution in [0.15, 0.2) is 12.1 Å². The summed E-state index contributed by atoms with van der Waals surface area (Å²) in [4.78, 5) is 11.1. The van der Waals surface area contributed by atoms with Crippen LogP contribution in [0.1, 0.15) is 18.1 Å². The largest absolute Gasteiger partial charge is 0.507 e. The second kappa shape index (κ2) is 5.12. The lowest BCUT2D eigenvalue weighted by Crippen LogP contribution is -2.08. The molecule has 0 aliphatic rings. The summed E-state index contributed by atoms with van der Waals surface area (Å²) in [6, 6.07) is 3.59. The zero-order chi connectivity index (χ0) is 12.1. The van der Waals surface area contributed by atoms with Crippen LogP contribution in [0.2, 0.25) is 0 Å². The molecule has 16 heavy (non-hydrogen) atoms. The number of nitriles is 1. The molecule has 5 heteroatoms. The van der Waals surface area contributed by atoms with Crippen molar-refractivity contribution >= 4 is 5.97 Å². The number of phenolic OH excluding ortho intramolecular Hbond substituents is 1. The molecule has 0 fully saturated rings. The van der Waals surface area contributed by atoms with E-state index in [2.05, 4.69) is 4.74 Å². The summed E-state index contributed by atoms with van der Waals surface area (Å²) in [7, 11) is 0. The lowest BCUT2D eigenvalue weighted by molar-refractivity contribution is -0.142. The lowest BCUT2D eigenvalue weighted by atomic mass is 10.1. The Morgan fingerprint density at radius 1 is 1.62 bits per heavy atom. The van der Waals surface area contributed by atoms with Crippen LogP contribution >= 0.6 is 0 Å². The quantitative estimate of drug-likeness (QED) is 0.788. The van der Waals surface area contributed by atoms with E-state index in [1.54, 1.807) is 13.0 Å². The van der Waals surface area contributed by atoms with Gasteiger partial charge in [-0.1, -0.05) is 0 Å². The van der Waals surface area contributed by atoms with Crippen LogP contribution in [0.5, 0.6) is 5.75 Å². The molecule has 0 atom stereocenters. The average Bonchev–Trinajstić information content (AvgIpc) is 2.23. The predicted octanol–water partition coefficient (Wildman–Crippen LogP) is 1.51. The number of carbonyl (C=O) groups is 1. The van der Waals surface area contributed by atoms with Crippen LogP contribution in [-0.4, -0.2) is 17.7 Å². The van der Waals surface area contributed by atoms with Gasteiger partial charge in [-0.25, -0.2) is 4.39 Å². The molecule has 0 saturated carbocycles. The summed E-state index contributed by atoms with van der Waals surface area (Å²) in [5.41, 5.74) is -0.153. The third-order valence-corrected chi connectivity index (χ3v) is 1.93. The Labute approximate surface area is 91.9 Å². The Morgan fingerprint density at radius 3 is 2.88 bits per heavy atom. The second-order valence-electron chi connectivity index (χ2n) is 3.05. The number of hydrogen-bond acceptors (Lipinski definition) is 4. The fraction of sp³-hybridized carbons (Fsp3) is 0.273. The molecule has 0 spiro atoms. The van der Waals surface area contributed by atoms with Gasteiger partial charge in [0.05, 0.1) is 18.6 Å². The summed E-state index contributed by atoms with van der Waals surface area (Å²) in [5.74, 6) is -1.63. The Balaban J connectivity index is 2.95. The molecule has 1 aromatic rings. The molecule has 0 unspecified atom stereocenters. The highest BCUT2D eigenvalue weighted by Crippen LogP contribution is 2.21. The van der Waals surface area contributed by atoms with Crippen molar-refractivity contribution in [2.75, 3.05) is 6.61 Å². The van der Waals surface area contributed by atoms with Crippen molar-refractivity contribution in [3.8, 4) is 11.8 Å². The van der Waals surface area contributed by atoms with Gasteiger partial charge in [0.2, 0.25) is 0 Å². The highest BCUT2D eigenvalue weighted by atomic mass is 19.1. The van der Waals surface area contributed by atoms with Crippen LogP contribution < -0.4 is 0 Å². The maximum Gasteiger partial charge on any atom is 0.310 e.